The predicted octanol–water partition coefficient (Wildman–Crippen LogP) is 1.86. The summed E-state index contributed by atoms with van der Waals surface area (Å²) in [6.45, 7) is 1.45. The third kappa shape index (κ3) is 3.21. The number of hydrogen-bond acceptors (Lipinski definition) is 4. The Morgan fingerprint density at radius 2 is 2.29 bits per heavy atom. The molecule has 6 nitrogen and oxygen atoms in total. The van der Waals surface area contributed by atoms with E-state index < -0.39 is 5.97 Å². The Hall–Kier alpha value is -2.37. The molecule has 1 aliphatic rings. The SMILES string of the molecule is O=C(O)CCc1cn(CC2CCOc3ccccc32)nn1. The van der Waals surface area contributed by atoms with E-state index in [0.717, 1.165) is 24.4 Å². The molecule has 1 aromatic heterocycles. The topological polar surface area (TPSA) is 77.2 Å². The van der Waals surface area contributed by atoms with Crippen LogP contribution in [-0.2, 0) is 17.8 Å². The van der Waals surface area contributed by atoms with Gasteiger partial charge >= 0.3 is 5.97 Å². The lowest BCUT2D eigenvalue weighted by molar-refractivity contribution is -0.136. The first kappa shape index (κ1) is 13.6. The van der Waals surface area contributed by atoms with Gasteiger partial charge in [-0.2, -0.15) is 0 Å². The first-order chi connectivity index (χ1) is 10.2. The highest BCUT2D eigenvalue weighted by molar-refractivity contribution is 5.66. The van der Waals surface area contributed by atoms with Crippen molar-refractivity contribution < 1.29 is 14.6 Å². The van der Waals surface area contributed by atoms with E-state index in [-0.39, 0.29) is 6.42 Å². The van der Waals surface area contributed by atoms with Gasteiger partial charge < -0.3 is 9.84 Å². The molecule has 2 aromatic rings. The molecular weight excluding hydrogens is 270 g/mol. The van der Waals surface area contributed by atoms with Crippen LogP contribution in [0.3, 0.4) is 0 Å². The van der Waals surface area contributed by atoms with E-state index in [0.29, 0.717) is 18.9 Å². The van der Waals surface area contributed by atoms with Crippen LogP contribution in [0.2, 0.25) is 0 Å². The van der Waals surface area contributed by atoms with Gasteiger partial charge in [-0.3, -0.25) is 9.48 Å². The summed E-state index contributed by atoms with van der Waals surface area (Å²) in [5, 5.41) is 16.8. The fourth-order valence-electron chi connectivity index (χ4n) is 2.61. The van der Waals surface area contributed by atoms with Gasteiger partial charge in [0, 0.05) is 25.1 Å². The number of aromatic nitrogens is 3. The highest BCUT2D eigenvalue weighted by atomic mass is 16.5. The second kappa shape index (κ2) is 5.95. The molecule has 0 amide bonds. The van der Waals surface area contributed by atoms with Gasteiger partial charge in [-0.25, -0.2) is 0 Å². The van der Waals surface area contributed by atoms with Crippen molar-refractivity contribution in [3.8, 4) is 5.75 Å². The molecule has 0 saturated heterocycles. The number of carbonyl (C=O) groups is 1. The Bertz CT molecular complexity index is 639. The zero-order chi connectivity index (χ0) is 14.7. The Labute approximate surface area is 122 Å². The van der Waals surface area contributed by atoms with Crippen LogP contribution in [0.25, 0.3) is 0 Å². The molecule has 3 rings (SSSR count). The minimum absolute atomic E-state index is 0.0821. The standard InChI is InChI=1S/C15H17N3O3/c19-15(20)6-5-12-10-18(17-16-12)9-11-7-8-21-14-4-2-1-3-13(11)14/h1-4,10-11H,5-9H2,(H,19,20). The first-order valence-corrected chi connectivity index (χ1v) is 7.05. The van der Waals surface area contributed by atoms with E-state index in [1.165, 1.54) is 5.56 Å². The van der Waals surface area contributed by atoms with E-state index in [9.17, 15) is 4.79 Å². The average Bonchev–Trinajstić information content (AvgIpc) is 2.93. The number of rotatable bonds is 5. The van der Waals surface area contributed by atoms with Crippen molar-refractivity contribution in [1.29, 1.82) is 0 Å². The number of para-hydroxylation sites is 1. The number of nitrogens with zero attached hydrogens (tertiary/aromatic N) is 3. The van der Waals surface area contributed by atoms with Gasteiger partial charge in [0.15, 0.2) is 0 Å². The normalized spacial score (nSPS) is 17.0. The first-order valence-electron chi connectivity index (χ1n) is 7.05. The molecule has 110 valence electrons. The molecule has 21 heavy (non-hydrogen) atoms. The number of hydrogen-bond donors (Lipinski definition) is 1. The summed E-state index contributed by atoms with van der Waals surface area (Å²) in [5.41, 5.74) is 1.92. The lowest BCUT2D eigenvalue weighted by Crippen LogP contribution is -2.18. The predicted molar refractivity (Wildman–Crippen MR) is 75.3 cm³/mol. The summed E-state index contributed by atoms with van der Waals surface area (Å²) in [6, 6.07) is 8.06. The van der Waals surface area contributed by atoms with Gasteiger partial charge in [0.25, 0.3) is 0 Å². The van der Waals surface area contributed by atoms with Gasteiger partial charge in [0.1, 0.15) is 5.75 Å². The Morgan fingerprint density at radius 1 is 1.43 bits per heavy atom. The van der Waals surface area contributed by atoms with Crippen LogP contribution >= 0.6 is 0 Å². The number of aryl methyl sites for hydroxylation is 1. The molecule has 1 N–H and O–H groups in total. The highest BCUT2D eigenvalue weighted by Crippen LogP contribution is 2.34. The van der Waals surface area contributed by atoms with Crippen molar-refractivity contribution >= 4 is 5.97 Å². The quantitative estimate of drug-likeness (QED) is 0.908. The van der Waals surface area contributed by atoms with Crippen molar-refractivity contribution in [2.75, 3.05) is 6.61 Å². The van der Waals surface area contributed by atoms with Gasteiger partial charge in [0.05, 0.1) is 18.7 Å². The van der Waals surface area contributed by atoms with Crippen LogP contribution in [-0.4, -0.2) is 32.7 Å². The third-order valence-corrected chi connectivity index (χ3v) is 3.67. The maximum absolute atomic E-state index is 10.6. The second-order valence-corrected chi connectivity index (χ2v) is 5.20. The van der Waals surface area contributed by atoms with Crippen molar-refractivity contribution in [2.45, 2.75) is 31.7 Å². The molecule has 6 heteroatoms. The van der Waals surface area contributed by atoms with Crippen LogP contribution in [0.5, 0.6) is 5.75 Å². The fraction of sp³-hybridized carbons (Fsp3) is 0.400. The van der Waals surface area contributed by atoms with Crippen molar-refractivity contribution in [3.63, 3.8) is 0 Å². The van der Waals surface area contributed by atoms with Crippen LogP contribution in [0.1, 0.15) is 30.0 Å². The average molecular weight is 287 g/mol. The minimum atomic E-state index is -0.817. The molecule has 1 unspecified atom stereocenters. The maximum atomic E-state index is 10.6. The maximum Gasteiger partial charge on any atom is 0.303 e. The molecule has 0 bridgehead atoms. The third-order valence-electron chi connectivity index (χ3n) is 3.67. The van der Waals surface area contributed by atoms with Gasteiger partial charge in [-0.1, -0.05) is 23.4 Å². The summed E-state index contributed by atoms with van der Waals surface area (Å²) in [6.07, 6.45) is 3.28. The molecule has 0 spiro atoms. The van der Waals surface area contributed by atoms with Gasteiger partial charge in [-0.05, 0) is 18.1 Å². The number of aliphatic carboxylic acids is 1. The Balaban J connectivity index is 1.69. The van der Waals surface area contributed by atoms with E-state index in [4.69, 9.17) is 9.84 Å². The molecule has 2 heterocycles. The number of ether oxygens (including phenoxy) is 1. The smallest absolute Gasteiger partial charge is 0.303 e. The van der Waals surface area contributed by atoms with Crippen LogP contribution in [0.4, 0.5) is 0 Å². The highest BCUT2D eigenvalue weighted by Gasteiger charge is 2.21. The summed E-state index contributed by atoms with van der Waals surface area (Å²) in [5.74, 6) is 0.479. The van der Waals surface area contributed by atoms with E-state index in [2.05, 4.69) is 16.4 Å². The van der Waals surface area contributed by atoms with E-state index in [1.54, 1.807) is 4.68 Å². The summed E-state index contributed by atoms with van der Waals surface area (Å²) >= 11 is 0. The monoisotopic (exact) mass is 287 g/mol. The molecule has 1 atom stereocenters. The fourth-order valence-corrected chi connectivity index (χ4v) is 2.61. The Kier molecular flexibility index (Phi) is 3.85. The summed E-state index contributed by atoms with van der Waals surface area (Å²) in [4.78, 5) is 10.6. The van der Waals surface area contributed by atoms with Gasteiger partial charge in [0.2, 0.25) is 0 Å². The zero-order valence-electron chi connectivity index (χ0n) is 11.6. The second-order valence-electron chi connectivity index (χ2n) is 5.20. The molecule has 0 fully saturated rings. The molecular formula is C15H17N3O3. The lowest BCUT2D eigenvalue weighted by atomic mass is 9.93. The molecule has 1 aromatic carbocycles. The summed E-state index contributed by atoms with van der Waals surface area (Å²) < 4.78 is 7.45. The Morgan fingerprint density at radius 3 is 3.14 bits per heavy atom. The molecule has 1 aliphatic heterocycles. The largest absolute Gasteiger partial charge is 0.493 e. The van der Waals surface area contributed by atoms with Crippen LogP contribution < -0.4 is 4.74 Å². The zero-order valence-corrected chi connectivity index (χ0v) is 11.6. The van der Waals surface area contributed by atoms with Gasteiger partial charge in [-0.15, -0.1) is 5.10 Å². The van der Waals surface area contributed by atoms with E-state index >= 15 is 0 Å². The number of benzene rings is 1. The number of carboxylic acids is 1. The number of fused-ring (bicyclic) bond motifs is 1. The minimum Gasteiger partial charge on any atom is -0.493 e. The molecule has 0 aliphatic carbocycles. The van der Waals surface area contributed by atoms with Crippen LogP contribution in [0, 0.1) is 0 Å². The molecule has 0 radical (unpaired) electrons. The van der Waals surface area contributed by atoms with E-state index in [1.807, 2.05) is 24.4 Å². The van der Waals surface area contributed by atoms with Crippen molar-refractivity contribution in [3.05, 3.63) is 41.7 Å². The molecule has 0 saturated carbocycles. The number of carboxylic acid groups (broad SMARTS) is 1. The lowest BCUT2D eigenvalue weighted by Gasteiger charge is -2.25. The van der Waals surface area contributed by atoms with Crippen LogP contribution in [0.15, 0.2) is 30.5 Å². The van der Waals surface area contributed by atoms with Crippen molar-refractivity contribution in [2.24, 2.45) is 0 Å². The van der Waals surface area contributed by atoms with Crippen molar-refractivity contribution in [1.82, 2.24) is 15.0 Å². The summed E-state index contributed by atoms with van der Waals surface area (Å²) in [7, 11) is 0.